The summed E-state index contributed by atoms with van der Waals surface area (Å²) in [5, 5.41) is 17.3. The number of unbranched alkanes of at least 4 members (excludes halogenated alkanes) is 1. The van der Waals surface area contributed by atoms with Crippen LogP contribution in [0.25, 0.3) is 22.0 Å². The molecule has 1 aromatic heterocycles. The summed E-state index contributed by atoms with van der Waals surface area (Å²) in [6, 6.07) is 12.6. The molecular formula is C31H41N4OP. The Hall–Kier alpha value is -2.75. The second-order valence-corrected chi connectivity index (χ2v) is 10.7. The second kappa shape index (κ2) is 12.2. The molecule has 1 aliphatic rings. The van der Waals surface area contributed by atoms with Crippen molar-refractivity contribution in [1.29, 1.82) is 0 Å². The van der Waals surface area contributed by atoms with Gasteiger partial charge in [-0.15, -0.1) is 9.24 Å². The molecule has 1 aliphatic heterocycles. The van der Waals surface area contributed by atoms with Gasteiger partial charge in [-0.3, -0.25) is 4.98 Å². The number of hydrogen-bond acceptors (Lipinski definition) is 4. The van der Waals surface area contributed by atoms with Crippen LogP contribution in [0.3, 0.4) is 0 Å². The lowest BCUT2D eigenvalue weighted by Gasteiger charge is -2.39. The molecule has 3 atom stereocenters. The zero-order chi connectivity index (χ0) is 26.5. The average Bonchev–Trinajstić information content (AvgIpc) is 2.90. The fourth-order valence-corrected chi connectivity index (χ4v) is 5.55. The van der Waals surface area contributed by atoms with Gasteiger partial charge in [0.05, 0.1) is 5.69 Å². The Morgan fingerprint density at radius 3 is 2.73 bits per heavy atom. The average molecular weight is 517 g/mol. The van der Waals surface area contributed by atoms with E-state index in [4.69, 9.17) is 9.98 Å². The summed E-state index contributed by atoms with van der Waals surface area (Å²) in [6.45, 7) is 12.9. The molecular weight excluding hydrogens is 475 g/mol. The van der Waals surface area contributed by atoms with E-state index in [1.807, 2.05) is 30.5 Å². The Morgan fingerprint density at radius 2 is 2.00 bits per heavy atom. The minimum absolute atomic E-state index is 0.248. The number of benzene rings is 2. The van der Waals surface area contributed by atoms with Crippen molar-refractivity contribution in [1.82, 2.24) is 15.2 Å². The van der Waals surface area contributed by atoms with Crippen LogP contribution in [0.15, 0.2) is 59.4 Å². The van der Waals surface area contributed by atoms with Gasteiger partial charge < -0.3 is 15.3 Å². The Labute approximate surface area is 224 Å². The maximum atomic E-state index is 10.4. The number of aliphatic imine (C=N–C) groups is 1. The molecule has 0 radical (unpaired) electrons. The van der Waals surface area contributed by atoms with Crippen molar-refractivity contribution in [2.75, 3.05) is 13.1 Å². The smallest absolute Gasteiger partial charge is 0.138 e. The van der Waals surface area contributed by atoms with Crippen molar-refractivity contribution in [3.8, 4) is 17.0 Å². The zero-order valence-corrected chi connectivity index (χ0v) is 24.0. The van der Waals surface area contributed by atoms with Crippen LogP contribution in [0.2, 0.25) is 0 Å². The van der Waals surface area contributed by atoms with Gasteiger partial charge in [0.15, 0.2) is 0 Å². The summed E-state index contributed by atoms with van der Waals surface area (Å²) in [5.41, 5.74) is 5.15. The molecule has 3 aromatic rings. The molecule has 4 rings (SSSR count). The topological polar surface area (TPSA) is 60.8 Å². The van der Waals surface area contributed by atoms with E-state index in [2.05, 4.69) is 66.2 Å². The first kappa shape index (κ1) is 27.3. The summed E-state index contributed by atoms with van der Waals surface area (Å²) < 4.78 is 0. The van der Waals surface area contributed by atoms with Crippen LogP contribution in [-0.4, -0.2) is 46.0 Å². The van der Waals surface area contributed by atoms with E-state index < -0.39 is 0 Å². The SMILES string of the molecule is CCC/C=C(\CC)N=C(c1cnc(-c2cc(O)cc3ccccc23)c(P)c1C)N1CC(C)NC(CC)C1. The highest BCUT2D eigenvalue weighted by atomic mass is 31.0. The Kier molecular flexibility index (Phi) is 9.00. The van der Waals surface area contributed by atoms with Gasteiger partial charge in [-0.25, -0.2) is 4.99 Å². The first-order valence-corrected chi connectivity index (χ1v) is 14.2. The van der Waals surface area contributed by atoms with E-state index in [1.54, 1.807) is 6.07 Å². The molecule has 196 valence electrons. The van der Waals surface area contributed by atoms with Gasteiger partial charge in [-0.05, 0) is 66.9 Å². The summed E-state index contributed by atoms with van der Waals surface area (Å²) in [7, 11) is 2.92. The molecule has 0 spiro atoms. The molecule has 5 nitrogen and oxygen atoms in total. The molecule has 3 unspecified atom stereocenters. The van der Waals surface area contributed by atoms with Crippen LogP contribution in [-0.2, 0) is 0 Å². The van der Waals surface area contributed by atoms with Crippen LogP contribution in [0.4, 0.5) is 0 Å². The largest absolute Gasteiger partial charge is 0.508 e. The molecule has 37 heavy (non-hydrogen) atoms. The first-order chi connectivity index (χ1) is 17.9. The lowest BCUT2D eigenvalue weighted by Crippen LogP contribution is -2.57. The van der Waals surface area contributed by atoms with Crippen LogP contribution in [0.5, 0.6) is 5.75 Å². The summed E-state index contributed by atoms with van der Waals surface area (Å²) in [4.78, 5) is 12.7. The number of allylic oxidation sites excluding steroid dienone is 2. The predicted molar refractivity (Wildman–Crippen MR) is 161 cm³/mol. The highest BCUT2D eigenvalue weighted by molar-refractivity contribution is 7.28. The van der Waals surface area contributed by atoms with E-state index in [0.29, 0.717) is 12.1 Å². The van der Waals surface area contributed by atoms with Crippen molar-refractivity contribution in [2.24, 2.45) is 4.99 Å². The van der Waals surface area contributed by atoms with E-state index in [9.17, 15) is 5.11 Å². The number of hydrogen-bond donors (Lipinski definition) is 2. The third kappa shape index (κ3) is 6.05. The number of fused-ring (bicyclic) bond motifs is 1. The minimum Gasteiger partial charge on any atom is -0.508 e. The van der Waals surface area contributed by atoms with E-state index in [0.717, 1.165) is 88.8 Å². The van der Waals surface area contributed by atoms with Crippen molar-refractivity contribution >= 4 is 31.2 Å². The van der Waals surface area contributed by atoms with Crippen LogP contribution >= 0.6 is 9.24 Å². The summed E-state index contributed by atoms with van der Waals surface area (Å²) in [6.07, 6.45) is 8.38. The molecule has 2 aromatic carbocycles. The number of aromatic nitrogens is 1. The number of amidine groups is 1. The maximum Gasteiger partial charge on any atom is 0.138 e. The molecule has 0 aliphatic carbocycles. The molecule has 0 saturated carbocycles. The Morgan fingerprint density at radius 1 is 1.22 bits per heavy atom. The summed E-state index contributed by atoms with van der Waals surface area (Å²) in [5.74, 6) is 1.26. The van der Waals surface area contributed by atoms with Crippen molar-refractivity contribution in [3.05, 3.63) is 65.5 Å². The number of nitrogens with zero attached hydrogens (tertiary/aromatic N) is 3. The lowest BCUT2D eigenvalue weighted by molar-refractivity contribution is 0.240. The number of phenols is 1. The highest BCUT2D eigenvalue weighted by Crippen LogP contribution is 2.32. The summed E-state index contributed by atoms with van der Waals surface area (Å²) >= 11 is 0. The number of pyridine rings is 1. The number of piperazine rings is 1. The van der Waals surface area contributed by atoms with E-state index >= 15 is 0 Å². The second-order valence-electron chi connectivity index (χ2n) is 10.1. The lowest BCUT2D eigenvalue weighted by atomic mass is 9.98. The maximum absolute atomic E-state index is 10.4. The molecule has 6 heteroatoms. The van der Waals surface area contributed by atoms with Gasteiger partial charge in [-0.1, -0.05) is 57.5 Å². The molecule has 0 bridgehead atoms. The van der Waals surface area contributed by atoms with Crippen LogP contribution in [0.1, 0.15) is 64.5 Å². The van der Waals surface area contributed by atoms with E-state index in [1.165, 1.54) is 0 Å². The highest BCUT2D eigenvalue weighted by Gasteiger charge is 2.28. The fourth-order valence-electron chi connectivity index (χ4n) is 5.17. The van der Waals surface area contributed by atoms with Gasteiger partial charge in [0.1, 0.15) is 11.6 Å². The third-order valence-corrected chi connectivity index (χ3v) is 7.96. The first-order valence-electron chi connectivity index (χ1n) is 13.6. The van der Waals surface area contributed by atoms with E-state index in [-0.39, 0.29) is 5.75 Å². The molecule has 2 N–H and O–H groups in total. The zero-order valence-electron chi connectivity index (χ0n) is 22.9. The van der Waals surface area contributed by atoms with Gasteiger partial charge in [0.2, 0.25) is 0 Å². The number of phenolic OH excluding ortho intramolecular Hbond substituents is 1. The normalized spacial score (nSPS) is 19.0. The monoisotopic (exact) mass is 516 g/mol. The van der Waals surface area contributed by atoms with Crippen molar-refractivity contribution < 1.29 is 5.11 Å². The van der Waals surface area contributed by atoms with Crippen LogP contribution < -0.4 is 10.6 Å². The minimum atomic E-state index is 0.248. The van der Waals surface area contributed by atoms with Gasteiger partial charge in [-0.2, -0.15) is 0 Å². The van der Waals surface area contributed by atoms with Gasteiger partial charge in [0, 0.05) is 48.2 Å². The molecule has 1 fully saturated rings. The number of rotatable bonds is 7. The fraction of sp³-hybridized carbons (Fsp3) is 0.419. The molecule has 0 amide bonds. The van der Waals surface area contributed by atoms with Gasteiger partial charge in [0.25, 0.3) is 0 Å². The third-order valence-electron chi connectivity index (χ3n) is 7.26. The van der Waals surface area contributed by atoms with Crippen molar-refractivity contribution in [3.63, 3.8) is 0 Å². The predicted octanol–water partition coefficient (Wildman–Crippen LogP) is 6.33. The number of aromatic hydroxyl groups is 1. The molecule has 2 heterocycles. The Balaban J connectivity index is 1.86. The standard InChI is InChI=1S/C31H41N4OP/c1-6-9-13-23(7-2)34-31(35-18-20(4)33-24(8-3)19-35)28-17-32-29(30(37)21(28)5)27-16-25(36)15-22-12-10-11-14-26(22)27/h10-17,20,24,33,36H,6-9,18-19,37H2,1-5H3/b23-13+,34-31?. The quantitative estimate of drug-likeness (QED) is 0.219. The van der Waals surface area contributed by atoms with Crippen molar-refractivity contribution in [2.45, 2.75) is 72.4 Å². The van der Waals surface area contributed by atoms with Gasteiger partial charge >= 0.3 is 0 Å². The van der Waals surface area contributed by atoms with Crippen LogP contribution in [0, 0.1) is 6.92 Å². The number of nitrogens with one attached hydrogen (secondary N) is 1. The Bertz CT molecular complexity index is 1320. The molecule has 1 saturated heterocycles.